The SMILES string of the molecule is COc1ccccc1CNC(=O)c1snc(C(=O)NCC2CC2)c1N. The van der Waals surface area contributed by atoms with Gasteiger partial charge in [0, 0.05) is 18.7 Å². The van der Waals surface area contributed by atoms with E-state index in [2.05, 4.69) is 15.0 Å². The van der Waals surface area contributed by atoms with E-state index >= 15 is 0 Å². The number of nitrogens with two attached hydrogens (primary N) is 1. The second-order valence-electron chi connectivity index (χ2n) is 5.92. The molecule has 0 bridgehead atoms. The number of amides is 2. The van der Waals surface area contributed by atoms with Crippen molar-refractivity contribution >= 4 is 29.0 Å². The van der Waals surface area contributed by atoms with E-state index in [1.807, 2.05) is 24.3 Å². The maximum absolute atomic E-state index is 12.4. The highest BCUT2D eigenvalue weighted by Crippen LogP contribution is 2.28. The molecule has 132 valence electrons. The highest BCUT2D eigenvalue weighted by molar-refractivity contribution is 7.09. The van der Waals surface area contributed by atoms with Gasteiger partial charge in [-0.2, -0.15) is 4.37 Å². The minimum Gasteiger partial charge on any atom is -0.496 e. The Kier molecular flexibility index (Phi) is 5.18. The molecule has 1 fully saturated rings. The number of nitrogen functional groups attached to an aromatic ring is 1. The number of rotatable bonds is 7. The molecule has 1 aliphatic rings. The first-order chi connectivity index (χ1) is 12.1. The van der Waals surface area contributed by atoms with Crippen LogP contribution in [0.15, 0.2) is 24.3 Å². The van der Waals surface area contributed by atoms with Crippen molar-refractivity contribution in [2.24, 2.45) is 5.92 Å². The van der Waals surface area contributed by atoms with Crippen LogP contribution in [0.5, 0.6) is 5.75 Å². The number of benzene rings is 1. The molecule has 1 aliphatic carbocycles. The number of carbonyl (C=O) groups is 2. The van der Waals surface area contributed by atoms with Gasteiger partial charge in [-0.15, -0.1) is 0 Å². The Labute approximate surface area is 149 Å². The summed E-state index contributed by atoms with van der Waals surface area (Å²) in [6, 6.07) is 7.42. The van der Waals surface area contributed by atoms with Gasteiger partial charge in [0.1, 0.15) is 10.6 Å². The summed E-state index contributed by atoms with van der Waals surface area (Å²) in [4.78, 5) is 24.7. The third-order valence-corrected chi connectivity index (χ3v) is 4.89. The normalized spacial score (nSPS) is 13.3. The minimum absolute atomic E-state index is 0.119. The third-order valence-electron chi connectivity index (χ3n) is 4.03. The lowest BCUT2D eigenvalue weighted by atomic mass is 10.2. The molecule has 1 aromatic heterocycles. The number of anilines is 1. The van der Waals surface area contributed by atoms with Crippen molar-refractivity contribution in [3.8, 4) is 5.75 Å². The van der Waals surface area contributed by atoms with Gasteiger partial charge < -0.3 is 21.1 Å². The summed E-state index contributed by atoms with van der Waals surface area (Å²) in [7, 11) is 1.58. The van der Waals surface area contributed by atoms with Crippen molar-refractivity contribution in [1.29, 1.82) is 0 Å². The van der Waals surface area contributed by atoms with E-state index in [4.69, 9.17) is 10.5 Å². The van der Waals surface area contributed by atoms with E-state index in [1.54, 1.807) is 7.11 Å². The Balaban J connectivity index is 1.63. The van der Waals surface area contributed by atoms with E-state index in [-0.39, 0.29) is 28.1 Å². The zero-order chi connectivity index (χ0) is 17.8. The molecule has 8 heteroatoms. The van der Waals surface area contributed by atoms with E-state index in [9.17, 15) is 9.59 Å². The van der Waals surface area contributed by atoms with Crippen LogP contribution in [0.3, 0.4) is 0 Å². The standard InChI is InChI=1S/C17H20N4O3S/c1-24-12-5-3-2-4-11(12)9-20-17(23)15-13(18)14(21-25-15)16(22)19-8-10-6-7-10/h2-5,10H,6-9,18H2,1H3,(H,19,22)(H,20,23). The molecular weight excluding hydrogens is 340 g/mol. The quantitative estimate of drug-likeness (QED) is 0.698. The fourth-order valence-electron chi connectivity index (χ4n) is 2.37. The Morgan fingerprint density at radius 3 is 2.76 bits per heavy atom. The van der Waals surface area contributed by atoms with Gasteiger partial charge >= 0.3 is 0 Å². The zero-order valence-electron chi connectivity index (χ0n) is 13.9. The number of hydrogen-bond acceptors (Lipinski definition) is 6. The summed E-state index contributed by atoms with van der Waals surface area (Å²) in [5, 5.41) is 5.59. The summed E-state index contributed by atoms with van der Waals surface area (Å²) < 4.78 is 9.30. The molecule has 1 aromatic carbocycles. The fraction of sp³-hybridized carbons (Fsp3) is 0.353. The molecule has 0 spiro atoms. The number of aromatic nitrogens is 1. The van der Waals surface area contributed by atoms with E-state index in [1.165, 1.54) is 0 Å². The van der Waals surface area contributed by atoms with E-state index in [0.717, 1.165) is 29.9 Å². The molecule has 0 aliphatic heterocycles. The second kappa shape index (κ2) is 7.52. The number of para-hydroxylation sites is 1. The monoisotopic (exact) mass is 360 g/mol. The summed E-state index contributed by atoms with van der Waals surface area (Å²) in [6.07, 6.45) is 2.28. The summed E-state index contributed by atoms with van der Waals surface area (Å²) in [6.45, 7) is 0.925. The lowest BCUT2D eigenvalue weighted by Crippen LogP contribution is -2.27. The zero-order valence-corrected chi connectivity index (χ0v) is 14.7. The van der Waals surface area contributed by atoms with Crippen molar-refractivity contribution in [3.63, 3.8) is 0 Å². The molecule has 7 nitrogen and oxygen atoms in total. The van der Waals surface area contributed by atoms with Crippen LogP contribution in [-0.2, 0) is 6.54 Å². The molecule has 0 saturated heterocycles. The number of methoxy groups -OCH3 is 1. The van der Waals surface area contributed by atoms with Crippen molar-refractivity contribution in [2.45, 2.75) is 19.4 Å². The summed E-state index contributed by atoms with van der Waals surface area (Å²) in [5.74, 6) is 0.569. The number of hydrogen-bond donors (Lipinski definition) is 3. The van der Waals surface area contributed by atoms with E-state index < -0.39 is 0 Å². The van der Waals surface area contributed by atoms with Gasteiger partial charge in [0.25, 0.3) is 11.8 Å². The molecule has 2 amide bonds. The lowest BCUT2D eigenvalue weighted by Gasteiger charge is -2.09. The van der Waals surface area contributed by atoms with E-state index in [0.29, 0.717) is 24.8 Å². The van der Waals surface area contributed by atoms with Gasteiger partial charge in [-0.3, -0.25) is 9.59 Å². The van der Waals surface area contributed by atoms with Gasteiger partial charge in [-0.1, -0.05) is 18.2 Å². The van der Waals surface area contributed by atoms with Gasteiger partial charge in [0.2, 0.25) is 0 Å². The summed E-state index contributed by atoms with van der Waals surface area (Å²) in [5.41, 5.74) is 7.04. The first-order valence-electron chi connectivity index (χ1n) is 8.03. The molecule has 0 radical (unpaired) electrons. The lowest BCUT2D eigenvalue weighted by molar-refractivity contribution is 0.0947. The topological polar surface area (TPSA) is 106 Å². The smallest absolute Gasteiger partial charge is 0.273 e. The highest BCUT2D eigenvalue weighted by Gasteiger charge is 2.25. The molecular formula is C17H20N4O3S. The van der Waals surface area contributed by atoms with Crippen LogP contribution in [0.4, 0.5) is 5.69 Å². The van der Waals surface area contributed by atoms with Gasteiger partial charge in [-0.25, -0.2) is 0 Å². The first kappa shape index (κ1) is 17.2. The summed E-state index contributed by atoms with van der Waals surface area (Å²) >= 11 is 0.928. The molecule has 3 rings (SSSR count). The van der Waals surface area contributed by atoms with Crippen LogP contribution in [-0.4, -0.2) is 29.8 Å². The Bertz CT molecular complexity index is 786. The van der Waals surface area contributed by atoms with Crippen LogP contribution in [0, 0.1) is 5.92 Å². The fourth-order valence-corrected chi connectivity index (χ4v) is 3.09. The largest absolute Gasteiger partial charge is 0.496 e. The van der Waals surface area contributed by atoms with Crippen LogP contribution < -0.4 is 21.1 Å². The average molecular weight is 360 g/mol. The molecule has 2 aromatic rings. The molecule has 4 N–H and O–H groups in total. The Morgan fingerprint density at radius 1 is 1.28 bits per heavy atom. The van der Waals surface area contributed by atoms with Gasteiger partial charge in [-0.05, 0) is 36.4 Å². The Morgan fingerprint density at radius 2 is 2.04 bits per heavy atom. The van der Waals surface area contributed by atoms with Crippen LogP contribution >= 0.6 is 11.5 Å². The highest BCUT2D eigenvalue weighted by atomic mass is 32.1. The number of ether oxygens (including phenoxy) is 1. The number of nitrogens with one attached hydrogen (secondary N) is 2. The maximum Gasteiger partial charge on any atom is 0.273 e. The van der Waals surface area contributed by atoms with Crippen LogP contribution in [0.25, 0.3) is 0 Å². The molecule has 1 saturated carbocycles. The number of carbonyl (C=O) groups excluding carboxylic acids is 2. The predicted octanol–water partition coefficient (Wildman–Crippen LogP) is 1.80. The second-order valence-corrected chi connectivity index (χ2v) is 6.70. The van der Waals surface area contributed by atoms with Crippen LogP contribution in [0.2, 0.25) is 0 Å². The number of nitrogens with zero attached hydrogens (tertiary/aromatic N) is 1. The minimum atomic E-state index is -0.359. The van der Waals surface area contributed by atoms with Crippen LogP contribution in [0.1, 0.15) is 38.6 Å². The molecule has 0 unspecified atom stereocenters. The Hall–Kier alpha value is -2.61. The predicted molar refractivity (Wildman–Crippen MR) is 95.7 cm³/mol. The molecule has 0 atom stereocenters. The molecule has 1 heterocycles. The van der Waals surface area contributed by atoms with Crippen molar-refractivity contribution in [1.82, 2.24) is 15.0 Å². The van der Waals surface area contributed by atoms with Gasteiger partial charge in [0.05, 0.1) is 12.8 Å². The molecule has 25 heavy (non-hydrogen) atoms. The third kappa shape index (κ3) is 4.08. The van der Waals surface area contributed by atoms with Crippen molar-refractivity contribution in [2.75, 3.05) is 19.4 Å². The van der Waals surface area contributed by atoms with Gasteiger partial charge in [0.15, 0.2) is 5.69 Å². The van der Waals surface area contributed by atoms with Crippen molar-refractivity contribution < 1.29 is 14.3 Å². The first-order valence-corrected chi connectivity index (χ1v) is 8.81. The van der Waals surface area contributed by atoms with Crippen molar-refractivity contribution in [3.05, 3.63) is 40.4 Å². The average Bonchev–Trinajstić information content (AvgIpc) is 3.38. The maximum atomic E-state index is 12.4.